The number of carbonyl (C=O) groups excluding carboxylic acids is 1. The molecule has 0 aliphatic heterocycles. The minimum atomic E-state index is -0.838. The smallest absolute Gasteiger partial charge is 0.317 e. The van der Waals surface area contributed by atoms with Crippen molar-refractivity contribution in [3.63, 3.8) is 0 Å². The van der Waals surface area contributed by atoms with Crippen LogP contribution in [0.25, 0.3) is 5.69 Å². The van der Waals surface area contributed by atoms with E-state index in [0.717, 1.165) is 18.5 Å². The molecule has 150 valence electrons. The lowest BCUT2D eigenvalue weighted by Crippen LogP contribution is -2.54. The summed E-state index contributed by atoms with van der Waals surface area (Å²) in [5, 5.41) is 16.3. The minimum Gasteiger partial charge on any atom is -0.480 e. The van der Waals surface area contributed by atoms with Gasteiger partial charge in [-0.3, -0.25) is 14.5 Å². The van der Waals surface area contributed by atoms with Gasteiger partial charge in [-0.1, -0.05) is 13.8 Å². The van der Waals surface area contributed by atoms with E-state index in [1.807, 2.05) is 18.7 Å². The number of aliphatic carboxylic acids is 1. The van der Waals surface area contributed by atoms with E-state index in [4.69, 9.17) is 5.11 Å². The van der Waals surface area contributed by atoms with Crippen LogP contribution in [0.2, 0.25) is 0 Å². The number of amides is 1. The van der Waals surface area contributed by atoms with E-state index in [1.54, 1.807) is 16.8 Å². The third kappa shape index (κ3) is 4.22. The first-order valence-corrected chi connectivity index (χ1v) is 9.52. The summed E-state index contributed by atoms with van der Waals surface area (Å²) in [4.78, 5) is 25.6. The Labute approximate surface area is 163 Å². The van der Waals surface area contributed by atoms with Crippen molar-refractivity contribution in [2.75, 3.05) is 13.1 Å². The van der Waals surface area contributed by atoms with Crippen molar-refractivity contribution < 1.29 is 19.1 Å². The average molecular weight is 388 g/mol. The Bertz CT molecular complexity index is 844. The number of carboxylic acids is 1. The van der Waals surface area contributed by atoms with Gasteiger partial charge in [-0.25, -0.2) is 9.07 Å². The molecule has 1 aromatic heterocycles. The summed E-state index contributed by atoms with van der Waals surface area (Å²) in [6.07, 6.45) is 3.62. The lowest BCUT2D eigenvalue weighted by molar-refractivity contribution is -0.139. The predicted molar refractivity (Wildman–Crippen MR) is 102 cm³/mol. The van der Waals surface area contributed by atoms with Gasteiger partial charge in [0.15, 0.2) is 0 Å². The molecule has 0 saturated heterocycles. The molecule has 0 atom stereocenters. The van der Waals surface area contributed by atoms with E-state index < -0.39 is 5.97 Å². The molecular formula is C20H25FN4O3. The second-order valence-electron chi connectivity index (χ2n) is 7.00. The Morgan fingerprint density at radius 2 is 1.96 bits per heavy atom. The molecule has 0 spiro atoms. The van der Waals surface area contributed by atoms with Crippen molar-refractivity contribution >= 4 is 11.9 Å². The fraction of sp³-hybridized carbons (Fsp3) is 0.450. The Morgan fingerprint density at radius 3 is 2.54 bits per heavy atom. The van der Waals surface area contributed by atoms with E-state index in [1.165, 1.54) is 18.3 Å². The maximum Gasteiger partial charge on any atom is 0.317 e. The Morgan fingerprint density at radius 1 is 1.29 bits per heavy atom. The van der Waals surface area contributed by atoms with Crippen LogP contribution in [0.3, 0.4) is 0 Å². The third-order valence-electron chi connectivity index (χ3n) is 5.23. The Balaban J connectivity index is 1.64. The maximum atomic E-state index is 13.2. The fourth-order valence-corrected chi connectivity index (χ4v) is 3.65. The van der Waals surface area contributed by atoms with Crippen molar-refractivity contribution in [1.29, 1.82) is 0 Å². The Kier molecular flexibility index (Phi) is 6.08. The number of aromatic nitrogens is 2. The highest BCUT2D eigenvalue weighted by Gasteiger charge is 2.35. The predicted octanol–water partition coefficient (Wildman–Crippen LogP) is 2.24. The van der Waals surface area contributed by atoms with Crippen molar-refractivity contribution in [2.24, 2.45) is 0 Å². The summed E-state index contributed by atoms with van der Waals surface area (Å²) < 4.78 is 14.8. The van der Waals surface area contributed by atoms with Gasteiger partial charge in [0.05, 0.1) is 29.7 Å². The molecule has 0 radical (unpaired) electrons. The fourth-order valence-electron chi connectivity index (χ4n) is 3.65. The van der Waals surface area contributed by atoms with Gasteiger partial charge in [-0.15, -0.1) is 0 Å². The molecule has 1 aromatic carbocycles. The van der Waals surface area contributed by atoms with Crippen molar-refractivity contribution in [3.8, 4) is 5.69 Å². The zero-order valence-corrected chi connectivity index (χ0v) is 16.1. The van der Waals surface area contributed by atoms with Gasteiger partial charge in [-0.05, 0) is 50.1 Å². The number of likely N-dealkylation sites (N-methyl/N-ethyl adjacent to an activating group) is 1. The zero-order chi connectivity index (χ0) is 20.3. The lowest BCUT2D eigenvalue weighted by atomic mass is 9.85. The van der Waals surface area contributed by atoms with E-state index >= 15 is 0 Å². The molecule has 1 fully saturated rings. The SMILES string of the molecule is CCc1c(C(=O)NC2CC(N(CC)CC(=O)O)C2)cnn1-c1ccc(F)cc1. The summed E-state index contributed by atoms with van der Waals surface area (Å²) in [5.74, 6) is -1.35. The molecule has 1 heterocycles. The molecule has 0 bridgehead atoms. The number of carbonyl (C=O) groups is 2. The van der Waals surface area contributed by atoms with Crippen LogP contribution in [0.4, 0.5) is 4.39 Å². The molecule has 0 unspecified atom stereocenters. The van der Waals surface area contributed by atoms with Crippen LogP contribution in [-0.4, -0.2) is 56.8 Å². The molecule has 1 amide bonds. The molecular weight excluding hydrogens is 363 g/mol. The van der Waals surface area contributed by atoms with Gasteiger partial charge in [0.2, 0.25) is 0 Å². The summed E-state index contributed by atoms with van der Waals surface area (Å²) in [6, 6.07) is 6.18. The topological polar surface area (TPSA) is 87.5 Å². The molecule has 8 heteroatoms. The van der Waals surface area contributed by atoms with Gasteiger partial charge in [0.25, 0.3) is 5.91 Å². The number of benzene rings is 1. The van der Waals surface area contributed by atoms with Gasteiger partial charge >= 0.3 is 5.97 Å². The Hall–Kier alpha value is -2.74. The monoisotopic (exact) mass is 388 g/mol. The summed E-state index contributed by atoms with van der Waals surface area (Å²) >= 11 is 0. The number of carboxylic acid groups (broad SMARTS) is 1. The molecule has 1 aliphatic rings. The van der Waals surface area contributed by atoms with Crippen LogP contribution in [-0.2, 0) is 11.2 Å². The number of nitrogens with one attached hydrogen (secondary N) is 1. The first kappa shape index (κ1) is 20.0. The lowest BCUT2D eigenvalue weighted by Gasteiger charge is -2.42. The largest absolute Gasteiger partial charge is 0.480 e. The van der Waals surface area contributed by atoms with Crippen molar-refractivity contribution in [3.05, 3.63) is 47.5 Å². The quantitative estimate of drug-likeness (QED) is 0.724. The van der Waals surface area contributed by atoms with Crippen LogP contribution in [0, 0.1) is 5.82 Å². The molecule has 3 rings (SSSR count). The van der Waals surface area contributed by atoms with Gasteiger partial charge in [0, 0.05) is 12.1 Å². The van der Waals surface area contributed by atoms with E-state index in [0.29, 0.717) is 24.2 Å². The number of hydrogen-bond donors (Lipinski definition) is 2. The first-order chi connectivity index (χ1) is 13.4. The number of nitrogens with zero attached hydrogens (tertiary/aromatic N) is 3. The molecule has 7 nitrogen and oxygen atoms in total. The van der Waals surface area contributed by atoms with Crippen LogP contribution >= 0.6 is 0 Å². The van der Waals surface area contributed by atoms with Gasteiger partial charge in [0.1, 0.15) is 5.82 Å². The van der Waals surface area contributed by atoms with Crippen LogP contribution in [0.1, 0.15) is 42.7 Å². The summed E-state index contributed by atoms with van der Waals surface area (Å²) in [5.41, 5.74) is 1.97. The second kappa shape index (κ2) is 8.52. The molecule has 28 heavy (non-hydrogen) atoms. The molecule has 1 saturated carbocycles. The van der Waals surface area contributed by atoms with Crippen molar-refractivity contribution in [1.82, 2.24) is 20.0 Å². The number of rotatable bonds is 8. The van der Waals surface area contributed by atoms with Gasteiger partial charge < -0.3 is 10.4 Å². The minimum absolute atomic E-state index is 0.0201. The summed E-state index contributed by atoms with van der Waals surface area (Å²) in [6.45, 7) is 4.57. The van der Waals surface area contributed by atoms with Gasteiger partial charge in [-0.2, -0.15) is 5.10 Å². The van der Waals surface area contributed by atoms with Crippen molar-refractivity contribution in [2.45, 2.75) is 45.2 Å². The van der Waals surface area contributed by atoms with Crippen LogP contribution < -0.4 is 5.32 Å². The average Bonchev–Trinajstić information content (AvgIpc) is 3.07. The highest BCUT2D eigenvalue weighted by Crippen LogP contribution is 2.26. The van der Waals surface area contributed by atoms with E-state index in [-0.39, 0.29) is 30.4 Å². The molecule has 2 N–H and O–H groups in total. The summed E-state index contributed by atoms with van der Waals surface area (Å²) in [7, 11) is 0. The molecule has 1 aliphatic carbocycles. The third-order valence-corrected chi connectivity index (χ3v) is 5.23. The zero-order valence-electron chi connectivity index (χ0n) is 16.1. The maximum absolute atomic E-state index is 13.2. The highest BCUT2D eigenvalue weighted by atomic mass is 19.1. The number of halogens is 1. The number of hydrogen-bond acceptors (Lipinski definition) is 4. The molecule has 2 aromatic rings. The standard InChI is InChI=1S/C20H25FN4O3/c1-3-18-17(11-22-25(18)15-7-5-13(21)6-8-15)20(28)23-14-9-16(10-14)24(4-2)12-19(26)27/h5-8,11,14,16H,3-4,9-10,12H2,1-2H3,(H,23,28)(H,26,27). The first-order valence-electron chi connectivity index (χ1n) is 9.52. The second-order valence-corrected chi connectivity index (χ2v) is 7.00. The highest BCUT2D eigenvalue weighted by molar-refractivity contribution is 5.95. The van der Waals surface area contributed by atoms with E-state index in [9.17, 15) is 14.0 Å². The van der Waals surface area contributed by atoms with Crippen LogP contribution in [0.5, 0.6) is 0 Å². The van der Waals surface area contributed by atoms with E-state index in [2.05, 4.69) is 10.4 Å². The van der Waals surface area contributed by atoms with Crippen LogP contribution in [0.15, 0.2) is 30.5 Å². The normalized spacial score (nSPS) is 18.7.